The van der Waals surface area contributed by atoms with Gasteiger partial charge in [-0.1, -0.05) is 43.3 Å². The number of carbonyl (C=O) groups is 1. The first-order chi connectivity index (χ1) is 9.11. The van der Waals surface area contributed by atoms with Crippen LogP contribution >= 0.6 is 0 Å². The second kappa shape index (κ2) is 5.41. The minimum Gasteiger partial charge on any atom is -0.464 e. The van der Waals surface area contributed by atoms with Crippen LogP contribution in [0.1, 0.15) is 25.8 Å². The number of hydrogen-bond acceptors (Lipinski definition) is 3. The van der Waals surface area contributed by atoms with Crippen LogP contribution in [0, 0.1) is 0 Å². The van der Waals surface area contributed by atoms with Crippen molar-refractivity contribution in [2.24, 2.45) is 0 Å². The normalized spacial score (nSPS) is 14.1. The average Bonchev–Trinajstić information content (AvgIpc) is 2.46. The van der Waals surface area contributed by atoms with Crippen molar-refractivity contribution in [3.8, 4) is 0 Å². The predicted octanol–water partition coefficient (Wildman–Crippen LogP) is 3.00. The Labute approximate surface area is 112 Å². The van der Waals surface area contributed by atoms with Gasteiger partial charge in [-0.3, -0.25) is 0 Å². The van der Waals surface area contributed by atoms with E-state index in [4.69, 9.17) is 4.74 Å². The molecular weight excluding hydrogens is 240 g/mol. The Bertz CT molecular complexity index is 591. The SMILES string of the molecule is CCOC(=O)[C@@](O)(CC)c1ccc2ccccc2c1. The molecule has 2 rings (SSSR count). The number of benzene rings is 2. The Morgan fingerprint density at radius 2 is 1.84 bits per heavy atom. The molecule has 100 valence electrons. The zero-order valence-corrected chi connectivity index (χ0v) is 11.2. The summed E-state index contributed by atoms with van der Waals surface area (Å²) in [5.74, 6) is -0.590. The molecule has 0 saturated heterocycles. The van der Waals surface area contributed by atoms with Crippen molar-refractivity contribution in [2.75, 3.05) is 6.61 Å². The number of fused-ring (bicyclic) bond motifs is 1. The molecule has 0 aromatic heterocycles. The second-order valence-electron chi connectivity index (χ2n) is 4.50. The molecule has 0 fully saturated rings. The van der Waals surface area contributed by atoms with Crippen molar-refractivity contribution >= 4 is 16.7 Å². The van der Waals surface area contributed by atoms with Gasteiger partial charge in [0, 0.05) is 0 Å². The van der Waals surface area contributed by atoms with E-state index in [1.807, 2.05) is 36.4 Å². The van der Waals surface area contributed by atoms with Crippen LogP contribution in [0.4, 0.5) is 0 Å². The molecule has 3 heteroatoms. The zero-order valence-electron chi connectivity index (χ0n) is 11.2. The van der Waals surface area contributed by atoms with E-state index in [1.54, 1.807) is 19.9 Å². The first-order valence-electron chi connectivity index (χ1n) is 6.50. The lowest BCUT2D eigenvalue weighted by Crippen LogP contribution is -2.36. The number of esters is 1. The molecule has 0 aliphatic carbocycles. The summed E-state index contributed by atoms with van der Waals surface area (Å²) >= 11 is 0. The summed E-state index contributed by atoms with van der Waals surface area (Å²) < 4.78 is 4.98. The fourth-order valence-corrected chi connectivity index (χ4v) is 2.16. The molecule has 0 aliphatic heterocycles. The molecule has 0 radical (unpaired) electrons. The molecule has 2 aromatic rings. The van der Waals surface area contributed by atoms with Gasteiger partial charge < -0.3 is 9.84 Å². The number of rotatable bonds is 4. The molecule has 1 N–H and O–H groups in total. The van der Waals surface area contributed by atoms with E-state index in [-0.39, 0.29) is 13.0 Å². The molecule has 0 saturated carbocycles. The highest BCUT2D eigenvalue weighted by Gasteiger charge is 2.37. The minimum atomic E-state index is -1.57. The first-order valence-corrected chi connectivity index (χ1v) is 6.50. The average molecular weight is 258 g/mol. The lowest BCUT2D eigenvalue weighted by Gasteiger charge is -2.25. The van der Waals surface area contributed by atoms with E-state index in [2.05, 4.69) is 0 Å². The van der Waals surface area contributed by atoms with Crippen LogP contribution in [0.25, 0.3) is 10.8 Å². The summed E-state index contributed by atoms with van der Waals surface area (Å²) in [7, 11) is 0. The quantitative estimate of drug-likeness (QED) is 0.857. The zero-order chi connectivity index (χ0) is 13.9. The highest BCUT2D eigenvalue weighted by atomic mass is 16.5. The topological polar surface area (TPSA) is 46.5 Å². The van der Waals surface area contributed by atoms with E-state index >= 15 is 0 Å². The smallest absolute Gasteiger partial charge is 0.342 e. The lowest BCUT2D eigenvalue weighted by atomic mass is 9.89. The van der Waals surface area contributed by atoms with Gasteiger partial charge in [0.15, 0.2) is 5.60 Å². The summed E-state index contributed by atoms with van der Waals surface area (Å²) in [6.45, 7) is 3.76. The fourth-order valence-electron chi connectivity index (χ4n) is 2.16. The van der Waals surface area contributed by atoms with E-state index in [1.165, 1.54) is 0 Å². The van der Waals surface area contributed by atoms with Gasteiger partial charge in [0.25, 0.3) is 0 Å². The van der Waals surface area contributed by atoms with Crippen molar-refractivity contribution in [3.05, 3.63) is 48.0 Å². The first kappa shape index (κ1) is 13.6. The van der Waals surface area contributed by atoms with Crippen LogP contribution in [0.5, 0.6) is 0 Å². The Morgan fingerprint density at radius 3 is 2.47 bits per heavy atom. The number of aliphatic hydroxyl groups is 1. The lowest BCUT2D eigenvalue weighted by molar-refractivity contribution is -0.166. The monoisotopic (exact) mass is 258 g/mol. The third kappa shape index (κ3) is 2.47. The highest BCUT2D eigenvalue weighted by Crippen LogP contribution is 2.29. The molecule has 0 amide bonds. The summed E-state index contributed by atoms with van der Waals surface area (Å²) in [6.07, 6.45) is 0.282. The summed E-state index contributed by atoms with van der Waals surface area (Å²) in [5.41, 5.74) is -0.993. The van der Waals surface area contributed by atoms with Gasteiger partial charge in [0.2, 0.25) is 0 Å². The molecule has 1 atom stereocenters. The molecule has 0 unspecified atom stereocenters. The van der Waals surface area contributed by atoms with Crippen LogP contribution < -0.4 is 0 Å². The van der Waals surface area contributed by atoms with Crippen LogP contribution in [-0.2, 0) is 15.1 Å². The van der Waals surface area contributed by atoms with Gasteiger partial charge >= 0.3 is 5.97 Å². The third-order valence-corrected chi connectivity index (χ3v) is 3.35. The van der Waals surface area contributed by atoms with Crippen molar-refractivity contribution < 1.29 is 14.6 Å². The Kier molecular flexibility index (Phi) is 3.86. The maximum atomic E-state index is 12.0. The third-order valence-electron chi connectivity index (χ3n) is 3.35. The van der Waals surface area contributed by atoms with Crippen molar-refractivity contribution in [2.45, 2.75) is 25.9 Å². The van der Waals surface area contributed by atoms with Gasteiger partial charge in [0.1, 0.15) is 0 Å². The molecule has 0 spiro atoms. The number of carbonyl (C=O) groups excluding carboxylic acids is 1. The van der Waals surface area contributed by atoms with E-state index in [0.29, 0.717) is 5.56 Å². The molecule has 2 aromatic carbocycles. The van der Waals surface area contributed by atoms with Crippen molar-refractivity contribution in [1.82, 2.24) is 0 Å². The largest absolute Gasteiger partial charge is 0.464 e. The van der Waals surface area contributed by atoms with Gasteiger partial charge in [-0.05, 0) is 35.7 Å². The molecule has 0 aliphatic rings. The van der Waals surface area contributed by atoms with E-state index in [0.717, 1.165) is 10.8 Å². The van der Waals surface area contributed by atoms with Crippen LogP contribution in [-0.4, -0.2) is 17.7 Å². The Hall–Kier alpha value is -1.87. The van der Waals surface area contributed by atoms with Crippen molar-refractivity contribution in [3.63, 3.8) is 0 Å². The Balaban J connectivity index is 2.48. The van der Waals surface area contributed by atoms with Gasteiger partial charge in [0.05, 0.1) is 6.61 Å². The number of hydrogen-bond donors (Lipinski definition) is 1. The van der Waals surface area contributed by atoms with Crippen LogP contribution in [0.2, 0.25) is 0 Å². The minimum absolute atomic E-state index is 0.259. The van der Waals surface area contributed by atoms with E-state index < -0.39 is 11.6 Å². The molecule has 0 bridgehead atoms. The van der Waals surface area contributed by atoms with Crippen LogP contribution in [0.15, 0.2) is 42.5 Å². The molecule has 0 heterocycles. The predicted molar refractivity (Wildman–Crippen MR) is 74.8 cm³/mol. The fraction of sp³-hybridized carbons (Fsp3) is 0.312. The van der Waals surface area contributed by atoms with Gasteiger partial charge in [-0.25, -0.2) is 4.79 Å². The van der Waals surface area contributed by atoms with Gasteiger partial charge in [-0.15, -0.1) is 0 Å². The van der Waals surface area contributed by atoms with Crippen LogP contribution in [0.3, 0.4) is 0 Å². The number of ether oxygens (including phenoxy) is 1. The van der Waals surface area contributed by atoms with Crippen molar-refractivity contribution in [1.29, 1.82) is 0 Å². The summed E-state index contributed by atoms with van der Waals surface area (Å²) in [5, 5.41) is 12.6. The summed E-state index contributed by atoms with van der Waals surface area (Å²) in [4.78, 5) is 12.0. The maximum absolute atomic E-state index is 12.0. The molecule has 3 nitrogen and oxygen atoms in total. The highest BCUT2D eigenvalue weighted by molar-refractivity contribution is 5.87. The second-order valence-corrected chi connectivity index (χ2v) is 4.50. The molecular formula is C16H18O3. The van der Waals surface area contributed by atoms with Gasteiger partial charge in [-0.2, -0.15) is 0 Å². The Morgan fingerprint density at radius 1 is 1.16 bits per heavy atom. The van der Waals surface area contributed by atoms with E-state index in [9.17, 15) is 9.90 Å². The summed E-state index contributed by atoms with van der Waals surface area (Å²) in [6, 6.07) is 13.4. The molecule has 19 heavy (non-hydrogen) atoms. The standard InChI is InChI=1S/C16H18O3/c1-3-16(18,15(17)19-4-2)14-10-9-12-7-5-6-8-13(12)11-14/h5-11,18H,3-4H2,1-2H3/t16-/m1/s1. The maximum Gasteiger partial charge on any atom is 0.342 e.